The molecule has 0 aliphatic rings. The van der Waals surface area contributed by atoms with Crippen molar-refractivity contribution in [1.29, 1.82) is 5.26 Å². The maximum absolute atomic E-state index is 9.05. The van der Waals surface area contributed by atoms with Crippen molar-refractivity contribution in [1.82, 2.24) is 0 Å². The van der Waals surface area contributed by atoms with Crippen LogP contribution in [0.25, 0.3) is 5.57 Å². The summed E-state index contributed by atoms with van der Waals surface area (Å²) >= 11 is 0. The van der Waals surface area contributed by atoms with Gasteiger partial charge >= 0.3 is 0 Å². The standard InChI is InChI=1S/C33H29N3.C2H6/c1-3-28(29-13-6-4-7-14-29)12-10-11-25-36(32-15-8-5-9-16-32)33-23-21-31(22-24-33)35(2)30-19-17-27(26-34)18-20-30;1-2/h3-25H,1-2H3;1-2H3/b12-10-,25-11+,28-3+;. The van der Waals surface area contributed by atoms with E-state index in [0.29, 0.717) is 5.56 Å². The van der Waals surface area contributed by atoms with E-state index < -0.39 is 0 Å². The van der Waals surface area contributed by atoms with Gasteiger partial charge in [-0.2, -0.15) is 5.26 Å². The van der Waals surface area contributed by atoms with E-state index in [4.69, 9.17) is 5.26 Å². The first kappa shape index (κ1) is 27.8. The number of allylic oxidation sites excluding steroid dienone is 5. The molecule has 190 valence electrons. The molecular weight excluding hydrogens is 462 g/mol. The minimum atomic E-state index is 0.659. The predicted molar refractivity (Wildman–Crippen MR) is 164 cm³/mol. The molecule has 0 unspecified atom stereocenters. The van der Waals surface area contributed by atoms with Crippen LogP contribution in [0, 0.1) is 11.3 Å². The molecule has 0 N–H and O–H groups in total. The Hall–Kier alpha value is -4.81. The molecule has 0 heterocycles. The largest absolute Gasteiger partial charge is 0.345 e. The summed E-state index contributed by atoms with van der Waals surface area (Å²) in [5, 5.41) is 9.05. The van der Waals surface area contributed by atoms with Crippen molar-refractivity contribution in [2.24, 2.45) is 0 Å². The molecule has 4 rings (SSSR count). The number of benzene rings is 4. The van der Waals surface area contributed by atoms with Crippen molar-refractivity contribution in [3.63, 3.8) is 0 Å². The number of nitrogens with zero attached hydrogens (tertiary/aromatic N) is 3. The monoisotopic (exact) mass is 497 g/mol. The van der Waals surface area contributed by atoms with Crippen molar-refractivity contribution in [3.05, 3.63) is 151 Å². The molecule has 0 aromatic heterocycles. The van der Waals surface area contributed by atoms with Crippen LogP contribution in [-0.4, -0.2) is 7.05 Å². The average Bonchev–Trinajstić information content (AvgIpc) is 3.01. The Kier molecular flexibility index (Phi) is 10.7. The highest BCUT2D eigenvalue weighted by Crippen LogP contribution is 2.30. The van der Waals surface area contributed by atoms with E-state index >= 15 is 0 Å². The van der Waals surface area contributed by atoms with Crippen LogP contribution in [0.5, 0.6) is 0 Å². The number of para-hydroxylation sites is 1. The van der Waals surface area contributed by atoms with Gasteiger partial charge in [0.25, 0.3) is 0 Å². The van der Waals surface area contributed by atoms with Crippen molar-refractivity contribution in [2.45, 2.75) is 20.8 Å². The fourth-order valence-electron chi connectivity index (χ4n) is 3.94. The smallest absolute Gasteiger partial charge is 0.0991 e. The maximum Gasteiger partial charge on any atom is 0.0991 e. The lowest BCUT2D eigenvalue weighted by molar-refractivity contribution is 1.20. The van der Waals surface area contributed by atoms with Gasteiger partial charge in [0.05, 0.1) is 11.6 Å². The van der Waals surface area contributed by atoms with Crippen LogP contribution in [-0.2, 0) is 0 Å². The van der Waals surface area contributed by atoms with Gasteiger partial charge in [0.15, 0.2) is 0 Å². The molecule has 0 saturated heterocycles. The molecule has 0 fully saturated rings. The van der Waals surface area contributed by atoms with Crippen LogP contribution in [0.2, 0.25) is 0 Å². The Morgan fingerprint density at radius 3 is 1.71 bits per heavy atom. The lowest BCUT2D eigenvalue weighted by Gasteiger charge is -2.23. The molecule has 4 aromatic carbocycles. The first-order chi connectivity index (χ1) is 18.7. The highest BCUT2D eigenvalue weighted by Gasteiger charge is 2.08. The second-order valence-corrected chi connectivity index (χ2v) is 8.25. The quantitative estimate of drug-likeness (QED) is 0.227. The first-order valence-corrected chi connectivity index (χ1v) is 12.9. The van der Waals surface area contributed by atoms with Crippen LogP contribution in [0.1, 0.15) is 31.9 Å². The van der Waals surface area contributed by atoms with Crippen molar-refractivity contribution in [3.8, 4) is 6.07 Å². The summed E-state index contributed by atoms with van der Waals surface area (Å²) in [6.07, 6.45) is 10.5. The minimum absolute atomic E-state index is 0.659. The van der Waals surface area contributed by atoms with Gasteiger partial charge in [-0.15, -0.1) is 0 Å². The summed E-state index contributed by atoms with van der Waals surface area (Å²) in [5.41, 5.74) is 7.30. The molecule has 0 spiro atoms. The topological polar surface area (TPSA) is 30.3 Å². The zero-order chi connectivity index (χ0) is 27.2. The molecule has 3 heteroatoms. The molecule has 0 bridgehead atoms. The number of rotatable bonds is 8. The number of nitriles is 1. The van der Waals surface area contributed by atoms with Gasteiger partial charge in [0.2, 0.25) is 0 Å². The fraction of sp³-hybridized carbons (Fsp3) is 0.114. The molecule has 38 heavy (non-hydrogen) atoms. The van der Waals surface area contributed by atoms with Gasteiger partial charge in [0, 0.05) is 36.0 Å². The zero-order valence-corrected chi connectivity index (χ0v) is 22.6. The van der Waals surface area contributed by atoms with Gasteiger partial charge in [-0.1, -0.05) is 80.6 Å². The molecular formula is C35H35N3. The molecule has 0 amide bonds. The van der Waals surface area contributed by atoms with Gasteiger partial charge in [-0.25, -0.2) is 0 Å². The highest BCUT2D eigenvalue weighted by molar-refractivity contribution is 5.74. The van der Waals surface area contributed by atoms with Crippen LogP contribution in [0.3, 0.4) is 0 Å². The van der Waals surface area contributed by atoms with E-state index in [2.05, 4.69) is 114 Å². The molecule has 0 aliphatic heterocycles. The molecule has 0 radical (unpaired) electrons. The molecule has 4 aromatic rings. The van der Waals surface area contributed by atoms with E-state index in [0.717, 1.165) is 22.7 Å². The van der Waals surface area contributed by atoms with Crippen LogP contribution < -0.4 is 9.80 Å². The van der Waals surface area contributed by atoms with Gasteiger partial charge < -0.3 is 9.80 Å². The average molecular weight is 498 g/mol. The van der Waals surface area contributed by atoms with Gasteiger partial charge in [0.1, 0.15) is 0 Å². The third-order valence-electron chi connectivity index (χ3n) is 5.97. The third kappa shape index (κ3) is 7.35. The Morgan fingerprint density at radius 1 is 0.658 bits per heavy atom. The zero-order valence-electron chi connectivity index (χ0n) is 22.6. The van der Waals surface area contributed by atoms with E-state index in [9.17, 15) is 0 Å². The van der Waals surface area contributed by atoms with Gasteiger partial charge in [-0.3, -0.25) is 0 Å². The second-order valence-electron chi connectivity index (χ2n) is 8.25. The third-order valence-corrected chi connectivity index (χ3v) is 5.97. The highest BCUT2D eigenvalue weighted by atomic mass is 15.1. The molecule has 3 nitrogen and oxygen atoms in total. The van der Waals surface area contributed by atoms with Crippen molar-refractivity contribution < 1.29 is 0 Å². The van der Waals surface area contributed by atoms with E-state index in [1.165, 1.54) is 11.1 Å². The van der Waals surface area contributed by atoms with Crippen molar-refractivity contribution >= 4 is 28.3 Å². The Morgan fingerprint density at radius 2 is 1.16 bits per heavy atom. The number of hydrogen-bond donors (Lipinski definition) is 0. The lowest BCUT2D eigenvalue weighted by Crippen LogP contribution is -2.11. The van der Waals surface area contributed by atoms with E-state index in [-0.39, 0.29) is 0 Å². The summed E-state index contributed by atoms with van der Waals surface area (Å²) < 4.78 is 0. The summed E-state index contributed by atoms with van der Waals surface area (Å²) in [6, 6.07) is 39.0. The van der Waals surface area contributed by atoms with E-state index in [1.54, 1.807) is 0 Å². The SMILES string of the molecule is CC.C\C=C(/C=C\C=C\N(c1ccccc1)c1ccc(N(C)c2ccc(C#N)cc2)cc1)c1ccccc1. The van der Waals surface area contributed by atoms with Crippen LogP contribution >= 0.6 is 0 Å². The van der Waals surface area contributed by atoms with E-state index in [1.807, 2.05) is 69.4 Å². The maximum atomic E-state index is 9.05. The summed E-state index contributed by atoms with van der Waals surface area (Å²) in [7, 11) is 2.03. The fourth-order valence-corrected chi connectivity index (χ4v) is 3.94. The molecule has 0 saturated carbocycles. The van der Waals surface area contributed by atoms with Crippen molar-refractivity contribution in [2.75, 3.05) is 16.8 Å². The van der Waals surface area contributed by atoms with Crippen LogP contribution in [0.15, 0.2) is 140 Å². The normalized spacial score (nSPS) is 11.1. The first-order valence-electron chi connectivity index (χ1n) is 12.9. The Labute approximate surface area is 227 Å². The molecule has 0 aliphatic carbocycles. The Bertz CT molecular complexity index is 1380. The number of anilines is 4. The second kappa shape index (κ2) is 14.7. The summed E-state index contributed by atoms with van der Waals surface area (Å²) in [5.74, 6) is 0. The van der Waals surface area contributed by atoms with Gasteiger partial charge in [-0.05, 0) is 84.8 Å². The molecule has 0 atom stereocenters. The Balaban J connectivity index is 0.00000195. The minimum Gasteiger partial charge on any atom is -0.345 e. The summed E-state index contributed by atoms with van der Waals surface area (Å²) in [6.45, 7) is 6.06. The predicted octanol–water partition coefficient (Wildman–Crippen LogP) is 9.66. The number of hydrogen-bond acceptors (Lipinski definition) is 3. The van der Waals surface area contributed by atoms with Crippen LogP contribution in [0.4, 0.5) is 22.7 Å². The lowest BCUT2D eigenvalue weighted by atomic mass is 10.1. The summed E-state index contributed by atoms with van der Waals surface area (Å²) in [4.78, 5) is 4.28.